The predicted octanol–water partition coefficient (Wildman–Crippen LogP) is 26.3. The molecule has 0 spiro atoms. The lowest BCUT2D eigenvalue weighted by Crippen LogP contribution is -2.34. The van der Waals surface area contributed by atoms with Gasteiger partial charge in [0.15, 0.2) is 11.6 Å². The lowest BCUT2D eigenvalue weighted by atomic mass is 9.78. The molecule has 2 aromatic carbocycles. The van der Waals surface area contributed by atoms with Gasteiger partial charge in [0.25, 0.3) is 0 Å². The molecule has 2 aromatic rings. The van der Waals surface area contributed by atoms with E-state index in [-0.39, 0.29) is 61.7 Å². The van der Waals surface area contributed by atoms with Gasteiger partial charge < -0.3 is 39.8 Å². The molecule has 0 bridgehead atoms. The van der Waals surface area contributed by atoms with E-state index in [2.05, 4.69) is 38.3 Å². The van der Waals surface area contributed by atoms with Crippen LogP contribution >= 0.6 is 0 Å². The molecular formula is C98H172N2O12. The smallest absolute Gasteiger partial charge is 0.305 e. The molecule has 0 fully saturated rings. The first-order valence-corrected chi connectivity index (χ1v) is 47.2. The summed E-state index contributed by atoms with van der Waals surface area (Å²) < 4.78 is 22.3. The number of unbranched alkanes of at least 4 members (excludes halogenated alkanes) is 40. The van der Waals surface area contributed by atoms with E-state index in [1.807, 2.05) is 0 Å². The molecule has 0 aliphatic heterocycles. The first kappa shape index (κ1) is 103. The summed E-state index contributed by atoms with van der Waals surface area (Å²) >= 11 is 0. The fourth-order valence-corrected chi connectivity index (χ4v) is 16.2. The van der Waals surface area contributed by atoms with Gasteiger partial charge in [0.1, 0.15) is 49.1 Å². The predicted molar refractivity (Wildman–Crippen MR) is 467 cm³/mol. The minimum absolute atomic E-state index is 0.0960. The zero-order chi connectivity index (χ0) is 81.7. The second kappa shape index (κ2) is 70.4. The summed E-state index contributed by atoms with van der Waals surface area (Å²) in [5.74, 6) is 3.57. The summed E-state index contributed by atoms with van der Waals surface area (Å²) in [7, 11) is 0. The number of nitrogens with one attached hydrogen (secondary N) is 2. The van der Waals surface area contributed by atoms with Crippen LogP contribution in [0.2, 0.25) is 0 Å². The molecule has 4 N–H and O–H groups in total. The zero-order valence-corrected chi connectivity index (χ0v) is 73.6. The number of carbonyl (C=O) groups is 6. The van der Waals surface area contributed by atoms with Crippen molar-refractivity contribution in [2.75, 3.05) is 39.5 Å². The van der Waals surface area contributed by atoms with Gasteiger partial charge in [-0.15, -0.1) is 0 Å². The first-order chi connectivity index (χ1) is 54.3. The average molecular weight is 1570 g/mol. The Labute approximate surface area is 686 Å². The van der Waals surface area contributed by atoms with E-state index in [0.717, 1.165) is 87.9 Å². The fraction of sp³-hybridized carbons (Fsp3) is 0.816. The summed E-state index contributed by atoms with van der Waals surface area (Å²) in [6, 6.07) is 13.3. The molecule has 0 aliphatic rings. The van der Waals surface area contributed by atoms with Gasteiger partial charge >= 0.3 is 11.9 Å². The van der Waals surface area contributed by atoms with Crippen LogP contribution in [0.5, 0.6) is 11.5 Å². The number of Topliss-reactive ketones (excluding diaryl/α,β-unsaturated/α-hetero) is 2. The Kier molecular flexibility index (Phi) is 64.9. The summed E-state index contributed by atoms with van der Waals surface area (Å²) in [6.45, 7) is 16.9. The van der Waals surface area contributed by atoms with Crippen LogP contribution in [0, 0.1) is 23.7 Å². The molecular weight excluding hydrogens is 1400 g/mol. The second-order valence-corrected chi connectivity index (χ2v) is 34.6. The third kappa shape index (κ3) is 58.1. The Morgan fingerprint density at radius 1 is 0.286 bits per heavy atom. The number of aliphatic hydroxyl groups is 2. The normalized spacial score (nSPS) is 12.8. The van der Waals surface area contributed by atoms with Gasteiger partial charge in [0.05, 0.1) is 0 Å². The summed E-state index contributed by atoms with van der Waals surface area (Å²) in [5.41, 5.74) is -2.02. The lowest BCUT2D eigenvalue weighted by Gasteiger charge is -2.28. The molecule has 0 saturated heterocycles. The van der Waals surface area contributed by atoms with Crippen molar-refractivity contribution in [2.45, 2.75) is 452 Å². The van der Waals surface area contributed by atoms with Crippen LogP contribution in [0.15, 0.2) is 48.5 Å². The van der Waals surface area contributed by atoms with E-state index >= 15 is 0 Å². The maximum absolute atomic E-state index is 12.8. The molecule has 14 heteroatoms. The van der Waals surface area contributed by atoms with Gasteiger partial charge in [0, 0.05) is 49.9 Å². The van der Waals surface area contributed by atoms with Crippen LogP contribution in [0.4, 0.5) is 0 Å². The van der Waals surface area contributed by atoms with Crippen LogP contribution in [-0.4, -0.2) is 96.3 Å². The Balaban J connectivity index is 1.69. The van der Waals surface area contributed by atoms with Crippen LogP contribution in [0.25, 0.3) is 0 Å². The number of esters is 2. The van der Waals surface area contributed by atoms with E-state index in [9.17, 15) is 39.0 Å². The van der Waals surface area contributed by atoms with Crippen molar-refractivity contribution in [2.24, 2.45) is 23.7 Å². The molecule has 14 nitrogen and oxygen atoms in total. The number of benzene rings is 2. The Bertz CT molecular complexity index is 2400. The molecule has 0 saturated carbocycles. The molecule has 112 heavy (non-hydrogen) atoms. The molecule has 2 rings (SSSR count). The molecule has 2 amide bonds. The number of hydrogen-bond donors (Lipinski definition) is 4. The third-order valence-corrected chi connectivity index (χ3v) is 23.3. The number of hydrogen-bond acceptors (Lipinski definition) is 12. The topological polar surface area (TPSA) is 204 Å². The fourth-order valence-electron chi connectivity index (χ4n) is 16.2. The minimum atomic E-state index is -1.43. The summed E-state index contributed by atoms with van der Waals surface area (Å²) in [5, 5.41) is 26.1. The highest BCUT2D eigenvalue weighted by molar-refractivity contribution is 6.02. The summed E-state index contributed by atoms with van der Waals surface area (Å²) in [4.78, 5) is 75.2. The van der Waals surface area contributed by atoms with E-state index in [1.165, 1.54) is 323 Å². The standard InChI is InChI=1S/C98H172N2O12/c1-9-13-17-21-33-45-57-83(85(59-47-35-23-19-15-11-3)63-51-39-27-31-43-55-67-93(103)111-81-79-109-89-73-69-87(70-74-89)95(105)97(5,6)107)61-49-37-25-29-41-53-65-91(101)99-77-78-100-92(102)66-54-42-30-26-38-50-62-84(58-46-34-22-18-14-10-2)86(60-48-36-24-20-16-12-4)64-52-40-28-32-44-56-68-94(104)112-82-80-110-90-75-71-88(72-76-90)96(106)98(7,8)108/h69-76,83-86,107-108H,9-68,77-82H2,1-8H3,(H,99,101)(H,100,102). The average Bonchev–Trinajstić information content (AvgIpc) is 0.865. The highest BCUT2D eigenvalue weighted by Gasteiger charge is 2.27. The molecule has 0 heterocycles. The highest BCUT2D eigenvalue weighted by atomic mass is 16.6. The molecule has 4 unspecified atom stereocenters. The summed E-state index contributed by atoms with van der Waals surface area (Å²) in [6.07, 6.45) is 73.1. The quantitative estimate of drug-likeness (QED) is 0.0278. The van der Waals surface area contributed by atoms with E-state index in [1.54, 1.807) is 48.5 Å². The minimum Gasteiger partial charge on any atom is -0.490 e. The van der Waals surface area contributed by atoms with Crippen LogP contribution in [0.1, 0.15) is 461 Å². The van der Waals surface area contributed by atoms with Gasteiger partial charge in [-0.25, -0.2) is 0 Å². The number of carbonyl (C=O) groups excluding carboxylic acids is 6. The maximum Gasteiger partial charge on any atom is 0.305 e. The van der Waals surface area contributed by atoms with Crippen molar-refractivity contribution >= 4 is 35.3 Å². The maximum atomic E-state index is 12.8. The SMILES string of the molecule is CCCCCCCCC(CCCCCCCCC(=O)NCCNC(=O)CCCCCCCCC(CCCCCCCC)C(CCCCCCCC)CCCCCCCCC(=O)OCCOc1ccc(C(=O)C(C)(C)O)cc1)C(CCCCCCCC)CCCCCCCCC(=O)OCCOc1ccc(C(=O)C(C)(C)O)cc1. The van der Waals surface area contributed by atoms with Gasteiger partial charge in [-0.3, -0.25) is 28.8 Å². The number of ether oxygens (including phenoxy) is 4. The van der Waals surface area contributed by atoms with Gasteiger partial charge in [-0.1, -0.05) is 362 Å². The van der Waals surface area contributed by atoms with Crippen LogP contribution < -0.4 is 20.1 Å². The molecule has 0 aromatic heterocycles. The van der Waals surface area contributed by atoms with Crippen molar-refractivity contribution in [1.29, 1.82) is 0 Å². The largest absolute Gasteiger partial charge is 0.490 e. The Hall–Kier alpha value is -4.82. The number of amides is 2. The van der Waals surface area contributed by atoms with Crippen molar-refractivity contribution in [3.63, 3.8) is 0 Å². The Morgan fingerprint density at radius 3 is 0.714 bits per heavy atom. The highest BCUT2D eigenvalue weighted by Crippen LogP contribution is 2.36. The van der Waals surface area contributed by atoms with Crippen molar-refractivity contribution in [3.8, 4) is 11.5 Å². The lowest BCUT2D eigenvalue weighted by molar-refractivity contribution is -0.145. The molecule has 4 atom stereocenters. The number of ketones is 2. The zero-order valence-electron chi connectivity index (χ0n) is 73.6. The third-order valence-electron chi connectivity index (χ3n) is 23.3. The van der Waals surface area contributed by atoms with Gasteiger partial charge in [-0.2, -0.15) is 0 Å². The monoisotopic (exact) mass is 1570 g/mol. The van der Waals surface area contributed by atoms with Crippen molar-refractivity contribution < 1.29 is 57.9 Å². The van der Waals surface area contributed by atoms with E-state index in [0.29, 0.717) is 61.4 Å². The molecule has 646 valence electrons. The van der Waals surface area contributed by atoms with Gasteiger partial charge in [0.2, 0.25) is 11.8 Å². The first-order valence-electron chi connectivity index (χ1n) is 47.2. The van der Waals surface area contributed by atoms with Crippen molar-refractivity contribution in [1.82, 2.24) is 10.6 Å². The van der Waals surface area contributed by atoms with E-state index < -0.39 is 11.2 Å². The van der Waals surface area contributed by atoms with Crippen LogP contribution in [0.3, 0.4) is 0 Å². The Morgan fingerprint density at radius 2 is 0.491 bits per heavy atom. The second-order valence-electron chi connectivity index (χ2n) is 34.6. The van der Waals surface area contributed by atoms with E-state index in [4.69, 9.17) is 18.9 Å². The van der Waals surface area contributed by atoms with Crippen molar-refractivity contribution in [3.05, 3.63) is 59.7 Å². The molecule has 0 aliphatic carbocycles. The van der Waals surface area contributed by atoms with Gasteiger partial charge in [-0.05, 0) is 126 Å². The molecule has 0 radical (unpaired) electrons. The van der Waals surface area contributed by atoms with Crippen LogP contribution in [-0.2, 0) is 28.7 Å². The number of rotatable bonds is 81.